The third-order valence-corrected chi connectivity index (χ3v) is 2.30. The highest BCUT2D eigenvalue weighted by Gasteiger charge is 2.09. The first-order valence-electron chi connectivity index (χ1n) is 5.85. The topological polar surface area (TPSA) is 54.3 Å². The first-order chi connectivity index (χ1) is 7.77. The highest BCUT2D eigenvalue weighted by Crippen LogP contribution is 2.07. The van der Waals surface area contributed by atoms with Crippen LogP contribution < -0.4 is 10.6 Å². The number of hydrogen-bond acceptors (Lipinski definition) is 3. The minimum Gasteiger partial charge on any atom is -0.456 e. The van der Waals surface area contributed by atoms with E-state index < -0.39 is 0 Å². The summed E-state index contributed by atoms with van der Waals surface area (Å²) in [5.41, 5.74) is 0. The predicted octanol–water partition coefficient (Wildman–Crippen LogP) is 1.57. The molecular formula is C12H20N2O2. The molecule has 1 aromatic heterocycles. The maximum absolute atomic E-state index is 11.6. The summed E-state index contributed by atoms with van der Waals surface area (Å²) < 4.78 is 5.35. The van der Waals surface area contributed by atoms with E-state index in [0.29, 0.717) is 12.3 Å². The van der Waals surface area contributed by atoms with Crippen molar-refractivity contribution in [3.63, 3.8) is 0 Å². The highest BCUT2D eigenvalue weighted by atomic mass is 16.3. The normalized spacial score (nSPS) is 10.4. The van der Waals surface area contributed by atoms with Gasteiger partial charge in [0, 0.05) is 13.0 Å². The van der Waals surface area contributed by atoms with E-state index in [9.17, 15) is 4.79 Å². The summed E-state index contributed by atoms with van der Waals surface area (Å²) in [7, 11) is 0. The first kappa shape index (κ1) is 12.8. The van der Waals surface area contributed by atoms with Crippen molar-refractivity contribution in [2.45, 2.75) is 26.7 Å². The summed E-state index contributed by atoms with van der Waals surface area (Å²) in [5.74, 6) is 1.12. The highest BCUT2D eigenvalue weighted by molar-refractivity contribution is 5.91. The third kappa shape index (κ3) is 4.06. The lowest BCUT2D eigenvalue weighted by atomic mass is 10.3. The zero-order valence-corrected chi connectivity index (χ0v) is 10.0. The van der Waals surface area contributed by atoms with Gasteiger partial charge < -0.3 is 15.1 Å². The molecule has 0 spiro atoms. The molecule has 0 radical (unpaired) electrons. The number of carbonyl (C=O) groups is 1. The molecule has 0 fully saturated rings. The van der Waals surface area contributed by atoms with Crippen molar-refractivity contribution in [3.8, 4) is 0 Å². The monoisotopic (exact) mass is 224 g/mol. The second-order valence-electron chi connectivity index (χ2n) is 3.58. The van der Waals surface area contributed by atoms with Crippen molar-refractivity contribution in [3.05, 3.63) is 23.7 Å². The Kier molecular flexibility index (Phi) is 5.64. The number of amides is 1. The molecule has 4 heteroatoms. The molecule has 0 aliphatic carbocycles. The van der Waals surface area contributed by atoms with Gasteiger partial charge in [-0.15, -0.1) is 0 Å². The summed E-state index contributed by atoms with van der Waals surface area (Å²) in [5, 5.41) is 6.02. The van der Waals surface area contributed by atoms with Crippen molar-refractivity contribution < 1.29 is 9.21 Å². The van der Waals surface area contributed by atoms with Crippen LogP contribution >= 0.6 is 0 Å². The lowest BCUT2D eigenvalue weighted by molar-refractivity contribution is 0.0924. The van der Waals surface area contributed by atoms with E-state index in [2.05, 4.69) is 17.6 Å². The van der Waals surface area contributed by atoms with Crippen molar-refractivity contribution in [2.75, 3.05) is 19.6 Å². The number of carbonyl (C=O) groups excluding carboxylic acids is 1. The van der Waals surface area contributed by atoms with Crippen molar-refractivity contribution >= 4 is 5.91 Å². The molecule has 1 heterocycles. The fourth-order valence-electron chi connectivity index (χ4n) is 1.37. The zero-order valence-electron chi connectivity index (χ0n) is 10.0. The van der Waals surface area contributed by atoms with Crippen LogP contribution in [0.5, 0.6) is 0 Å². The molecule has 0 saturated carbocycles. The Morgan fingerprint density at radius 1 is 1.31 bits per heavy atom. The van der Waals surface area contributed by atoms with Gasteiger partial charge in [-0.3, -0.25) is 4.79 Å². The second kappa shape index (κ2) is 7.06. The van der Waals surface area contributed by atoms with Gasteiger partial charge in [-0.25, -0.2) is 0 Å². The molecule has 0 unspecified atom stereocenters. The average Bonchev–Trinajstić information content (AvgIpc) is 2.77. The van der Waals surface area contributed by atoms with E-state index >= 15 is 0 Å². The smallest absolute Gasteiger partial charge is 0.286 e. The fraction of sp³-hybridized carbons (Fsp3) is 0.583. The molecule has 16 heavy (non-hydrogen) atoms. The molecule has 0 saturated heterocycles. The molecule has 0 bridgehead atoms. The zero-order chi connectivity index (χ0) is 11.8. The summed E-state index contributed by atoms with van der Waals surface area (Å²) in [6.07, 6.45) is 1.74. The molecule has 0 aliphatic rings. The fourth-order valence-corrected chi connectivity index (χ4v) is 1.37. The van der Waals surface area contributed by atoms with E-state index in [0.717, 1.165) is 31.7 Å². The third-order valence-electron chi connectivity index (χ3n) is 2.30. The van der Waals surface area contributed by atoms with Crippen molar-refractivity contribution in [1.29, 1.82) is 0 Å². The Morgan fingerprint density at radius 2 is 2.12 bits per heavy atom. The van der Waals surface area contributed by atoms with Gasteiger partial charge in [-0.1, -0.05) is 13.8 Å². The minimum atomic E-state index is -0.129. The van der Waals surface area contributed by atoms with Crippen LogP contribution in [0.3, 0.4) is 0 Å². The summed E-state index contributed by atoms with van der Waals surface area (Å²) in [4.78, 5) is 11.6. The van der Waals surface area contributed by atoms with Gasteiger partial charge in [-0.2, -0.15) is 0 Å². The van der Waals surface area contributed by atoms with Gasteiger partial charge in [0.1, 0.15) is 5.76 Å². The number of furan rings is 1. The number of aryl methyl sites for hydroxylation is 1. The van der Waals surface area contributed by atoms with Crippen LogP contribution in [0.4, 0.5) is 0 Å². The van der Waals surface area contributed by atoms with Crippen LogP contribution in [0.1, 0.15) is 36.6 Å². The van der Waals surface area contributed by atoms with Gasteiger partial charge in [0.05, 0.1) is 0 Å². The lowest BCUT2D eigenvalue weighted by Gasteiger charge is -2.03. The van der Waals surface area contributed by atoms with Crippen LogP contribution in [0, 0.1) is 0 Å². The Bertz CT molecular complexity index is 321. The van der Waals surface area contributed by atoms with E-state index in [4.69, 9.17) is 4.42 Å². The van der Waals surface area contributed by atoms with E-state index in [1.165, 1.54) is 0 Å². The molecule has 1 aromatic rings. The maximum Gasteiger partial charge on any atom is 0.286 e. The standard InChI is InChI=1S/C12H20N2O2/c1-3-10-6-7-11(16-10)12(15)14-9-5-8-13-4-2/h6-7,13H,3-5,8-9H2,1-2H3,(H,14,15). The average molecular weight is 224 g/mol. The molecule has 1 amide bonds. The van der Waals surface area contributed by atoms with Gasteiger partial charge >= 0.3 is 0 Å². The summed E-state index contributed by atoms with van der Waals surface area (Å²) >= 11 is 0. The molecule has 0 aromatic carbocycles. The Hall–Kier alpha value is -1.29. The van der Waals surface area contributed by atoms with Crippen LogP contribution in [0.2, 0.25) is 0 Å². The first-order valence-corrected chi connectivity index (χ1v) is 5.85. The van der Waals surface area contributed by atoms with Gasteiger partial charge in [0.2, 0.25) is 0 Å². The number of nitrogens with one attached hydrogen (secondary N) is 2. The largest absolute Gasteiger partial charge is 0.456 e. The molecule has 90 valence electrons. The Morgan fingerprint density at radius 3 is 2.75 bits per heavy atom. The maximum atomic E-state index is 11.6. The predicted molar refractivity (Wildman–Crippen MR) is 63.6 cm³/mol. The molecule has 4 nitrogen and oxygen atoms in total. The van der Waals surface area contributed by atoms with E-state index in [1.807, 2.05) is 13.0 Å². The van der Waals surface area contributed by atoms with Crippen molar-refractivity contribution in [2.24, 2.45) is 0 Å². The molecular weight excluding hydrogens is 204 g/mol. The molecule has 2 N–H and O–H groups in total. The Labute approximate surface area is 96.4 Å². The number of hydrogen-bond donors (Lipinski definition) is 2. The summed E-state index contributed by atoms with van der Waals surface area (Å²) in [6, 6.07) is 3.56. The Balaban J connectivity index is 2.24. The molecule has 0 aliphatic heterocycles. The van der Waals surface area contributed by atoms with Crippen LogP contribution in [0.25, 0.3) is 0 Å². The quantitative estimate of drug-likeness (QED) is 0.691. The van der Waals surface area contributed by atoms with E-state index in [-0.39, 0.29) is 5.91 Å². The number of rotatable bonds is 7. The van der Waals surface area contributed by atoms with Gasteiger partial charge in [-0.05, 0) is 31.6 Å². The second-order valence-corrected chi connectivity index (χ2v) is 3.58. The minimum absolute atomic E-state index is 0.129. The lowest BCUT2D eigenvalue weighted by Crippen LogP contribution is -2.26. The van der Waals surface area contributed by atoms with Crippen molar-refractivity contribution in [1.82, 2.24) is 10.6 Å². The summed E-state index contributed by atoms with van der Waals surface area (Å²) in [6.45, 7) is 6.62. The van der Waals surface area contributed by atoms with Gasteiger partial charge in [0.25, 0.3) is 5.91 Å². The van der Waals surface area contributed by atoms with Gasteiger partial charge in [0.15, 0.2) is 5.76 Å². The molecule has 0 atom stereocenters. The SMILES string of the molecule is CCNCCCNC(=O)c1ccc(CC)o1. The van der Waals surface area contributed by atoms with Crippen LogP contribution in [-0.2, 0) is 6.42 Å². The van der Waals surface area contributed by atoms with E-state index in [1.54, 1.807) is 6.07 Å². The van der Waals surface area contributed by atoms with Crippen LogP contribution in [-0.4, -0.2) is 25.5 Å². The van der Waals surface area contributed by atoms with Crippen LogP contribution in [0.15, 0.2) is 16.5 Å². The molecule has 1 rings (SSSR count).